The number of nitrogens with one attached hydrogen (secondary N) is 1. The van der Waals surface area contributed by atoms with Gasteiger partial charge in [-0.1, -0.05) is 18.2 Å². The molecule has 1 amide bonds. The van der Waals surface area contributed by atoms with Crippen LogP contribution in [0.25, 0.3) is 0 Å². The summed E-state index contributed by atoms with van der Waals surface area (Å²) in [6.07, 6.45) is 0. The van der Waals surface area contributed by atoms with Gasteiger partial charge in [0.05, 0.1) is 0 Å². The summed E-state index contributed by atoms with van der Waals surface area (Å²) in [5.74, 6) is 0.942. The van der Waals surface area contributed by atoms with E-state index < -0.39 is 0 Å². The molecule has 138 valence electrons. The van der Waals surface area contributed by atoms with Crippen LogP contribution in [-0.4, -0.2) is 37.0 Å². The number of nitrogens with zero attached hydrogens (tertiary/aromatic N) is 4. The molecule has 27 heavy (non-hydrogen) atoms. The van der Waals surface area contributed by atoms with Crippen molar-refractivity contribution >= 4 is 28.8 Å². The molecule has 0 saturated heterocycles. The highest BCUT2D eigenvalue weighted by Gasteiger charge is 2.16. The number of para-hydroxylation sites is 1. The van der Waals surface area contributed by atoms with Gasteiger partial charge in [-0.15, -0.1) is 0 Å². The first-order chi connectivity index (χ1) is 12.9. The molecule has 0 unspecified atom stereocenters. The van der Waals surface area contributed by atoms with Gasteiger partial charge in [-0.3, -0.25) is 4.79 Å². The summed E-state index contributed by atoms with van der Waals surface area (Å²) >= 11 is 0. The van der Waals surface area contributed by atoms with Crippen molar-refractivity contribution in [1.82, 2.24) is 9.97 Å². The minimum Gasteiger partial charge on any atom is -0.378 e. The first-order valence-corrected chi connectivity index (χ1v) is 8.67. The third-order valence-corrected chi connectivity index (χ3v) is 4.16. The molecule has 6 heteroatoms. The van der Waals surface area contributed by atoms with Crippen LogP contribution in [0.5, 0.6) is 0 Å². The van der Waals surface area contributed by atoms with Gasteiger partial charge in [-0.25, -0.2) is 9.97 Å². The summed E-state index contributed by atoms with van der Waals surface area (Å²) in [5, 5.41) is 3.24. The van der Waals surface area contributed by atoms with Crippen LogP contribution in [0.15, 0.2) is 60.7 Å². The number of hydrogen-bond donors (Lipinski definition) is 1. The molecule has 1 N–H and O–H groups in total. The van der Waals surface area contributed by atoms with Crippen LogP contribution in [0.2, 0.25) is 0 Å². The second kappa shape index (κ2) is 7.86. The van der Waals surface area contributed by atoms with Crippen LogP contribution in [0.3, 0.4) is 0 Å². The topological polar surface area (TPSA) is 61.4 Å². The van der Waals surface area contributed by atoms with Crippen LogP contribution in [0.4, 0.5) is 22.9 Å². The van der Waals surface area contributed by atoms with Gasteiger partial charge in [0, 0.05) is 44.3 Å². The summed E-state index contributed by atoms with van der Waals surface area (Å²) in [6.45, 7) is 1.78. The van der Waals surface area contributed by atoms with Crippen molar-refractivity contribution in [3.8, 4) is 0 Å². The molecule has 3 aromatic rings. The van der Waals surface area contributed by atoms with Gasteiger partial charge in [0.15, 0.2) is 0 Å². The third-order valence-electron chi connectivity index (χ3n) is 4.16. The summed E-state index contributed by atoms with van der Waals surface area (Å²) in [5.41, 5.74) is 3.17. The molecule has 0 saturated carbocycles. The largest absolute Gasteiger partial charge is 0.378 e. The lowest BCUT2D eigenvalue weighted by Crippen LogP contribution is -2.27. The fraction of sp³-hybridized carbons (Fsp3) is 0.190. The van der Waals surface area contributed by atoms with Crippen molar-refractivity contribution in [3.63, 3.8) is 0 Å². The summed E-state index contributed by atoms with van der Waals surface area (Å²) < 4.78 is 0. The van der Waals surface area contributed by atoms with Crippen LogP contribution in [0.1, 0.15) is 16.3 Å². The predicted molar refractivity (Wildman–Crippen MR) is 110 cm³/mol. The number of carbonyl (C=O) groups excluding carboxylic acids is 1. The van der Waals surface area contributed by atoms with Gasteiger partial charge in [0.1, 0.15) is 17.3 Å². The number of amides is 1. The highest BCUT2D eigenvalue weighted by molar-refractivity contribution is 6.04. The van der Waals surface area contributed by atoms with Gasteiger partial charge < -0.3 is 15.1 Å². The Balaban J connectivity index is 1.82. The van der Waals surface area contributed by atoms with E-state index in [4.69, 9.17) is 0 Å². The highest BCUT2D eigenvalue weighted by atomic mass is 16.2. The first kappa shape index (κ1) is 18.4. The molecule has 0 atom stereocenters. The molecule has 0 fully saturated rings. The second-order valence-electron chi connectivity index (χ2n) is 6.45. The SMILES string of the molecule is Cc1nc(Nc2ccc(N(C)C)cc2)cc(C(=O)N(C)c2ccccc2)n1. The van der Waals surface area contributed by atoms with E-state index in [0.717, 1.165) is 17.1 Å². The number of hydrogen-bond acceptors (Lipinski definition) is 5. The monoisotopic (exact) mass is 361 g/mol. The third kappa shape index (κ3) is 4.41. The molecule has 3 rings (SSSR count). The zero-order chi connectivity index (χ0) is 19.4. The molecule has 2 aromatic carbocycles. The minimum absolute atomic E-state index is 0.183. The van der Waals surface area contributed by atoms with E-state index in [9.17, 15) is 4.79 Å². The lowest BCUT2D eigenvalue weighted by atomic mass is 10.2. The maximum absolute atomic E-state index is 12.8. The van der Waals surface area contributed by atoms with Crippen LogP contribution >= 0.6 is 0 Å². The lowest BCUT2D eigenvalue weighted by molar-refractivity contribution is 0.0988. The van der Waals surface area contributed by atoms with E-state index in [2.05, 4.69) is 15.3 Å². The fourth-order valence-electron chi connectivity index (χ4n) is 2.67. The van der Waals surface area contributed by atoms with Gasteiger partial charge in [-0.2, -0.15) is 0 Å². The van der Waals surface area contributed by atoms with Crippen LogP contribution in [0, 0.1) is 6.92 Å². The maximum atomic E-state index is 12.8. The quantitative estimate of drug-likeness (QED) is 0.747. The van der Waals surface area contributed by atoms with Gasteiger partial charge in [-0.05, 0) is 43.3 Å². The van der Waals surface area contributed by atoms with E-state index in [1.807, 2.05) is 73.6 Å². The lowest BCUT2D eigenvalue weighted by Gasteiger charge is -2.17. The predicted octanol–water partition coefficient (Wildman–Crippen LogP) is 3.87. The molecule has 0 spiro atoms. The summed E-state index contributed by atoms with van der Waals surface area (Å²) in [6, 6.07) is 19.2. The standard InChI is InChI=1S/C21H23N5O/c1-15-22-19(21(27)26(4)18-8-6-5-7-9-18)14-20(23-15)24-16-10-12-17(13-11-16)25(2)3/h5-14H,1-4H3,(H,22,23,24). The molecule has 0 radical (unpaired) electrons. The summed E-state index contributed by atoms with van der Waals surface area (Å²) in [4.78, 5) is 25.1. The molecular weight excluding hydrogens is 338 g/mol. The smallest absolute Gasteiger partial charge is 0.276 e. The molecular formula is C21H23N5O. The number of rotatable bonds is 5. The zero-order valence-electron chi connectivity index (χ0n) is 16.0. The Kier molecular flexibility index (Phi) is 5.35. The van der Waals surface area contributed by atoms with Crippen LogP contribution < -0.4 is 15.1 Å². The molecule has 0 bridgehead atoms. The highest BCUT2D eigenvalue weighted by Crippen LogP contribution is 2.21. The Bertz CT molecular complexity index is 923. The average Bonchev–Trinajstić information content (AvgIpc) is 2.67. The molecule has 0 aliphatic carbocycles. The molecule has 0 aliphatic heterocycles. The van der Waals surface area contributed by atoms with Crippen molar-refractivity contribution in [3.05, 3.63) is 72.2 Å². The summed E-state index contributed by atoms with van der Waals surface area (Å²) in [7, 11) is 5.73. The van der Waals surface area contributed by atoms with Crippen molar-refractivity contribution in [2.75, 3.05) is 36.3 Å². The number of benzene rings is 2. The normalized spacial score (nSPS) is 10.4. The molecule has 0 aliphatic rings. The second-order valence-corrected chi connectivity index (χ2v) is 6.45. The van der Waals surface area contributed by atoms with Gasteiger partial charge in [0.2, 0.25) is 0 Å². The van der Waals surface area contributed by atoms with E-state index >= 15 is 0 Å². The molecule has 1 aromatic heterocycles. The average molecular weight is 361 g/mol. The van der Waals surface area contributed by atoms with Gasteiger partial charge in [0.25, 0.3) is 5.91 Å². The van der Waals surface area contributed by atoms with E-state index in [-0.39, 0.29) is 5.91 Å². The number of anilines is 4. The minimum atomic E-state index is -0.183. The molecule has 1 heterocycles. The van der Waals surface area contributed by atoms with Crippen molar-refractivity contribution in [2.45, 2.75) is 6.92 Å². The number of aromatic nitrogens is 2. The van der Waals surface area contributed by atoms with Crippen molar-refractivity contribution in [1.29, 1.82) is 0 Å². The Labute approximate surface area is 159 Å². The first-order valence-electron chi connectivity index (χ1n) is 8.67. The van der Waals surface area contributed by atoms with E-state index in [1.54, 1.807) is 24.9 Å². The zero-order valence-corrected chi connectivity index (χ0v) is 16.0. The Morgan fingerprint density at radius 3 is 2.19 bits per heavy atom. The fourth-order valence-corrected chi connectivity index (χ4v) is 2.67. The molecule has 6 nitrogen and oxygen atoms in total. The maximum Gasteiger partial charge on any atom is 0.276 e. The van der Waals surface area contributed by atoms with E-state index in [0.29, 0.717) is 17.3 Å². The number of carbonyl (C=O) groups is 1. The Morgan fingerprint density at radius 1 is 0.889 bits per heavy atom. The van der Waals surface area contributed by atoms with Gasteiger partial charge >= 0.3 is 0 Å². The Hall–Kier alpha value is -3.41. The van der Waals surface area contributed by atoms with Crippen molar-refractivity contribution < 1.29 is 4.79 Å². The Morgan fingerprint density at radius 2 is 1.56 bits per heavy atom. The van der Waals surface area contributed by atoms with Crippen molar-refractivity contribution in [2.24, 2.45) is 0 Å². The number of aryl methyl sites for hydroxylation is 1. The van der Waals surface area contributed by atoms with Crippen LogP contribution in [-0.2, 0) is 0 Å². The van der Waals surface area contributed by atoms with E-state index in [1.165, 1.54) is 0 Å².